The van der Waals surface area contributed by atoms with Gasteiger partial charge in [0.15, 0.2) is 0 Å². The molecule has 0 saturated carbocycles. The minimum atomic E-state index is -0.884. The molecule has 0 spiro atoms. The van der Waals surface area contributed by atoms with Crippen LogP contribution in [0.15, 0.2) is 0 Å². The average molecular weight is 299 g/mol. The Morgan fingerprint density at radius 3 is 2.80 bits per heavy atom. The smallest absolute Gasteiger partial charge is 0.327 e. The molecule has 3 heterocycles. The Morgan fingerprint density at radius 1 is 1.15 bits per heavy atom. The van der Waals surface area contributed by atoms with Gasteiger partial charge >= 0.3 is 12.0 Å². The Balaban J connectivity index is 1.66. The summed E-state index contributed by atoms with van der Waals surface area (Å²) in [4.78, 5) is 29.8. The van der Waals surface area contributed by atoms with Gasteiger partial charge in [-0.25, -0.2) is 9.59 Å². The normalized spacial score (nSPS) is 31.2. The van der Waals surface area contributed by atoms with E-state index >= 15 is 0 Å². The number of urea groups is 1. The zero-order valence-electron chi connectivity index (χ0n) is 11.5. The summed E-state index contributed by atoms with van der Waals surface area (Å²) in [7, 11) is 0. The van der Waals surface area contributed by atoms with Gasteiger partial charge < -0.3 is 14.9 Å². The van der Waals surface area contributed by atoms with Crippen molar-refractivity contribution in [2.45, 2.75) is 24.9 Å². The molecule has 3 aliphatic rings. The maximum Gasteiger partial charge on any atom is 0.327 e. The molecular formula is C13H21N3O3S. The number of amides is 2. The van der Waals surface area contributed by atoms with Gasteiger partial charge in [0.05, 0.1) is 0 Å². The van der Waals surface area contributed by atoms with Crippen molar-refractivity contribution in [3.8, 4) is 0 Å². The molecule has 6 nitrogen and oxygen atoms in total. The second kappa shape index (κ2) is 5.81. The largest absolute Gasteiger partial charge is 0.480 e. The van der Waals surface area contributed by atoms with Crippen molar-refractivity contribution in [3.05, 3.63) is 0 Å². The zero-order chi connectivity index (χ0) is 14.1. The summed E-state index contributed by atoms with van der Waals surface area (Å²) in [6, 6.07) is -0.262. The molecule has 7 heteroatoms. The second-order valence-corrected chi connectivity index (χ2v) is 6.83. The molecule has 20 heavy (non-hydrogen) atoms. The lowest BCUT2D eigenvalue weighted by Gasteiger charge is -2.42. The number of hydrogen-bond acceptors (Lipinski definition) is 4. The van der Waals surface area contributed by atoms with Crippen molar-refractivity contribution in [2.24, 2.45) is 0 Å². The van der Waals surface area contributed by atoms with E-state index in [2.05, 4.69) is 4.90 Å². The van der Waals surface area contributed by atoms with Crippen molar-refractivity contribution < 1.29 is 14.7 Å². The fourth-order valence-corrected chi connectivity index (χ4v) is 4.42. The number of carbonyl (C=O) groups is 2. The van der Waals surface area contributed by atoms with Crippen molar-refractivity contribution in [1.82, 2.24) is 14.7 Å². The van der Waals surface area contributed by atoms with Gasteiger partial charge in [0, 0.05) is 43.7 Å². The molecule has 1 N–H and O–H groups in total. The molecule has 2 amide bonds. The maximum atomic E-state index is 12.6. The van der Waals surface area contributed by atoms with Crippen molar-refractivity contribution in [1.29, 1.82) is 0 Å². The van der Waals surface area contributed by atoms with Gasteiger partial charge in [-0.15, -0.1) is 0 Å². The molecule has 2 atom stereocenters. The molecule has 0 aromatic rings. The fourth-order valence-electron chi connectivity index (χ4n) is 3.38. The number of carboxylic acid groups (broad SMARTS) is 1. The van der Waals surface area contributed by atoms with Crippen LogP contribution >= 0.6 is 11.8 Å². The lowest BCUT2D eigenvalue weighted by atomic mass is 10.1. The van der Waals surface area contributed by atoms with Crippen molar-refractivity contribution in [3.63, 3.8) is 0 Å². The summed E-state index contributed by atoms with van der Waals surface area (Å²) in [5, 5.41) is 9.27. The number of piperazine rings is 1. The lowest BCUT2D eigenvalue weighted by molar-refractivity contribution is -0.141. The molecule has 112 valence electrons. The third-order valence-electron chi connectivity index (χ3n) is 4.52. The van der Waals surface area contributed by atoms with Crippen LogP contribution in [-0.2, 0) is 4.79 Å². The van der Waals surface area contributed by atoms with Crippen LogP contribution in [0.2, 0.25) is 0 Å². The van der Waals surface area contributed by atoms with Gasteiger partial charge in [-0.2, -0.15) is 11.8 Å². The Hall–Kier alpha value is -0.950. The van der Waals surface area contributed by atoms with Crippen LogP contribution in [0, 0.1) is 0 Å². The molecule has 0 radical (unpaired) electrons. The van der Waals surface area contributed by atoms with Gasteiger partial charge in [0.2, 0.25) is 0 Å². The highest BCUT2D eigenvalue weighted by atomic mass is 32.2. The van der Waals surface area contributed by atoms with E-state index in [9.17, 15) is 14.7 Å². The molecule has 3 fully saturated rings. The van der Waals surface area contributed by atoms with Crippen LogP contribution in [0.4, 0.5) is 4.79 Å². The molecule has 3 aliphatic heterocycles. The SMILES string of the molecule is O=C(O)C1CSCCN1C(=O)N1CCN2CCCC2C1. The molecular weight excluding hydrogens is 278 g/mol. The number of hydrogen-bond donors (Lipinski definition) is 1. The van der Waals surface area contributed by atoms with Gasteiger partial charge in [0.1, 0.15) is 6.04 Å². The molecule has 0 bridgehead atoms. The zero-order valence-corrected chi connectivity index (χ0v) is 12.3. The highest BCUT2D eigenvalue weighted by molar-refractivity contribution is 7.99. The number of thioether (sulfide) groups is 1. The summed E-state index contributed by atoms with van der Waals surface area (Å²) in [6.07, 6.45) is 2.37. The van der Waals surface area contributed by atoms with Gasteiger partial charge in [0.25, 0.3) is 0 Å². The number of carbonyl (C=O) groups excluding carboxylic acids is 1. The number of carboxylic acids is 1. The standard InChI is InChI=1S/C13H21N3O3S/c17-12(18)11-9-20-7-6-16(11)13(19)15-5-4-14-3-1-2-10(14)8-15/h10-11H,1-9H2,(H,17,18). The van der Waals surface area contributed by atoms with E-state index < -0.39 is 12.0 Å². The Kier molecular flexibility index (Phi) is 4.07. The van der Waals surface area contributed by atoms with Crippen LogP contribution in [0.25, 0.3) is 0 Å². The molecule has 0 aromatic carbocycles. The molecule has 0 aliphatic carbocycles. The lowest BCUT2D eigenvalue weighted by Crippen LogP contribution is -2.59. The van der Waals surface area contributed by atoms with Crippen LogP contribution in [0.3, 0.4) is 0 Å². The minimum absolute atomic E-state index is 0.0794. The van der Waals surface area contributed by atoms with Gasteiger partial charge in [-0.3, -0.25) is 4.90 Å². The first-order chi connectivity index (χ1) is 9.66. The summed E-state index contributed by atoms with van der Waals surface area (Å²) in [5.74, 6) is 0.452. The monoisotopic (exact) mass is 299 g/mol. The minimum Gasteiger partial charge on any atom is -0.480 e. The van der Waals surface area contributed by atoms with E-state index in [4.69, 9.17) is 0 Å². The predicted octanol–water partition coefficient (Wildman–Crippen LogP) is 0.388. The summed E-state index contributed by atoms with van der Waals surface area (Å²) in [5.41, 5.74) is 0. The predicted molar refractivity (Wildman–Crippen MR) is 77.0 cm³/mol. The molecule has 3 rings (SSSR count). The Bertz CT molecular complexity index is 406. The van der Waals surface area contributed by atoms with Crippen LogP contribution in [-0.4, -0.2) is 88.1 Å². The second-order valence-electron chi connectivity index (χ2n) is 5.68. The maximum absolute atomic E-state index is 12.6. The summed E-state index contributed by atoms with van der Waals surface area (Å²) < 4.78 is 0. The first-order valence-corrected chi connectivity index (χ1v) is 8.42. The van der Waals surface area contributed by atoms with E-state index in [1.807, 2.05) is 4.90 Å². The first kappa shape index (κ1) is 14.0. The van der Waals surface area contributed by atoms with E-state index in [1.54, 1.807) is 16.7 Å². The Labute approximate surface area is 123 Å². The average Bonchev–Trinajstić information content (AvgIpc) is 2.93. The van der Waals surface area contributed by atoms with Crippen molar-refractivity contribution in [2.75, 3.05) is 44.2 Å². The quantitative estimate of drug-likeness (QED) is 0.759. The van der Waals surface area contributed by atoms with Gasteiger partial charge in [-0.05, 0) is 19.4 Å². The van der Waals surface area contributed by atoms with E-state index in [1.165, 1.54) is 6.42 Å². The first-order valence-electron chi connectivity index (χ1n) is 7.27. The summed E-state index contributed by atoms with van der Waals surface area (Å²) >= 11 is 1.61. The van der Waals surface area contributed by atoms with E-state index in [0.29, 0.717) is 18.3 Å². The highest BCUT2D eigenvalue weighted by Gasteiger charge is 2.38. The van der Waals surface area contributed by atoms with Crippen LogP contribution in [0.1, 0.15) is 12.8 Å². The molecule has 0 aromatic heterocycles. The highest BCUT2D eigenvalue weighted by Crippen LogP contribution is 2.24. The topological polar surface area (TPSA) is 64.1 Å². The van der Waals surface area contributed by atoms with Crippen molar-refractivity contribution >= 4 is 23.8 Å². The molecule has 2 unspecified atom stereocenters. The van der Waals surface area contributed by atoms with E-state index in [0.717, 1.165) is 38.4 Å². The number of fused-ring (bicyclic) bond motifs is 1. The Morgan fingerprint density at radius 2 is 2.00 bits per heavy atom. The summed E-state index contributed by atoms with van der Waals surface area (Å²) in [6.45, 7) is 4.10. The van der Waals surface area contributed by atoms with Crippen LogP contribution < -0.4 is 0 Å². The number of aliphatic carboxylic acids is 1. The molecule has 3 saturated heterocycles. The number of rotatable bonds is 1. The van der Waals surface area contributed by atoms with Gasteiger partial charge in [-0.1, -0.05) is 0 Å². The third-order valence-corrected chi connectivity index (χ3v) is 5.54. The third kappa shape index (κ3) is 2.61. The number of nitrogens with zero attached hydrogens (tertiary/aromatic N) is 3. The van der Waals surface area contributed by atoms with E-state index in [-0.39, 0.29) is 6.03 Å². The van der Waals surface area contributed by atoms with Crippen LogP contribution in [0.5, 0.6) is 0 Å². The fraction of sp³-hybridized carbons (Fsp3) is 0.846.